The van der Waals surface area contributed by atoms with Gasteiger partial charge in [-0.25, -0.2) is 8.42 Å². The average molecular weight is 337 g/mol. The number of hydrogen-bond acceptors (Lipinski definition) is 7. The third-order valence-electron chi connectivity index (χ3n) is 2.41. The predicted octanol–water partition coefficient (Wildman–Crippen LogP) is 0.182. The second-order valence-electron chi connectivity index (χ2n) is 4.10. The summed E-state index contributed by atoms with van der Waals surface area (Å²) in [5.41, 5.74) is 5.41. The van der Waals surface area contributed by atoms with Crippen molar-refractivity contribution in [1.82, 2.24) is 14.5 Å². The van der Waals surface area contributed by atoms with Crippen LogP contribution in [-0.2, 0) is 14.8 Å². The summed E-state index contributed by atoms with van der Waals surface area (Å²) >= 11 is 5.55. The fourth-order valence-electron chi connectivity index (χ4n) is 1.29. The first-order valence-electron chi connectivity index (χ1n) is 5.52. The van der Waals surface area contributed by atoms with E-state index in [2.05, 4.69) is 15.5 Å². The van der Waals surface area contributed by atoms with Crippen LogP contribution in [0.5, 0.6) is 0 Å². The molecule has 0 spiro atoms. The molecular weight excluding hydrogens is 322 g/mol. The number of nitrogens with one attached hydrogen (secondary N) is 1. The zero-order valence-corrected chi connectivity index (χ0v) is 13.6. The number of amides is 1. The summed E-state index contributed by atoms with van der Waals surface area (Å²) in [6.45, 7) is 2.98. The molecule has 1 unspecified atom stereocenters. The Morgan fingerprint density at radius 2 is 2.15 bits per heavy atom. The molecule has 0 bridgehead atoms. The van der Waals surface area contributed by atoms with Crippen molar-refractivity contribution in [2.24, 2.45) is 5.73 Å². The molecule has 1 atom stereocenters. The lowest BCUT2D eigenvalue weighted by Gasteiger charge is -2.22. The average Bonchev–Trinajstić information content (AvgIpc) is 2.75. The first-order chi connectivity index (χ1) is 9.14. The van der Waals surface area contributed by atoms with Crippen LogP contribution in [0.1, 0.15) is 20.3 Å². The Morgan fingerprint density at radius 1 is 1.55 bits per heavy atom. The van der Waals surface area contributed by atoms with E-state index in [4.69, 9.17) is 18.0 Å². The van der Waals surface area contributed by atoms with E-state index >= 15 is 0 Å². The molecule has 0 aliphatic heterocycles. The Labute approximate surface area is 126 Å². The van der Waals surface area contributed by atoms with Gasteiger partial charge in [-0.2, -0.15) is 4.31 Å². The molecule has 0 radical (unpaired) electrons. The summed E-state index contributed by atoms with van der Waals surface area (Å²) in [5, 5.41) is 9.70. The van der Waals surface area contributed by atoms with Crippen molar-refractivity contribution in [3.8, 4) is 0 Å². The van der Waals surface area contributed by atoms with E-state index < -0.39 is 16.1 Å². The van der Waals surface area contributed by atoms with Gasteiger partial charge in [-0.3, -0.25) is 4.79 Å². The zero-order valence-electron chi connectivity index (χ0n) is 11.2. The fourth-order valence-corrected chi connectivity index (χ4v) is 4.01. The maximum Gasteiger partial charge on any atom is 0.272 e. The van der Waals surface area contributed by atoms with E-state index in [0.29, 0.717) is 0 Å². The lowest BCUT2D eigenvalue weighted by Crippen LogP contribution is -2.37. The third kappa shape index (κ3) is 4.16. The minimum Gasteiger partial charge on any atom is -0.393 e. The van der Waals surface area contributed by atoms with Crippen LogP contribution in [-0.4, -0.2) is 46.9 Å². The number of carbonyl (C=O) groups is 1. The number of rotatable bonds is 6. The summed E-state index contributed by atoms with van der Waals surface area (Å²) in [6, 6.07) is -0.398. The number of thiocarbonyl (C=S) groups is 1. The van der Waals surface area contributed by atoms with Gasteiger partial charge < -0.3 is 11.1 Å². The molecule has 3 N–H and O–H groups in total. The van der Waals surface area contributed by atoms with Crippen molar-refractivity contribution in [1.29, 1.82) is 0 Å². The highest BCUT2D eigenvalue weighted by Crippen LogP contribution is 2.24. The van der Waals surface area contributed by atoms with Crippen LogP contribution < -0.4 is 11.1 Å². The van der Waals surface area contributed by atoms with E-state index in [1.54, 1.807) is 6.92 Å². The highest BCUT2D eigenvalue weighted by atomic mass is 32.2. The van der Waals surface area contributed by atoms with Crippen molar-refractivity contribution < 1.29 is 13.2 Å². The molecule has 0 saturated carbocycles. The largest absolute Gasteiger partial charge is 0.393 e. The molecule has 0 saturated heterocycles. The van der Waals surface area contributed by atoms with Gasteiger partial charge in [0.25, 0.3) is 10.0 Å². The molecule has 8 nitrogen and oxygen atoms in total. The predicted molar refractivity (Wildman–Crippen MR) is 80.0 cm³/mol. The van der Waals surface area contributed by atoms with E-state index in [1.807, 2.05) is 0 Å². The zero-order chi connectivity index (χ0) is 15.5. The Bertz CT molecular complexity index is 612. The lowest BCUT2D eigenvalue weighted by atomic mass is 10.2. The number of nitrogens with two attached hydrogens (primary N) is 1. The molecule has 1 aromatic rings. The molecule has 1 aromatic heterocycles. The van der Waals surface area contributed by atoms with Crippen LogP contribution in [0.2, 0.25) is 0 Å². The van der Waals surface area contributed by atoms with Crippen LogP contribution >= 0.6 is 23.6 Å². The molecule has 1 amide bonds. The van der Waals surface area contributed by atoms with Crippen molar-refractivity contribution in [2.45, 2.75) is 30.6 Å². The Hall–Kier alpha value is -1.17. The van der Waals surface area contributed by atoms with E-state index in [1.165, 1.54) is 14.0 Å². The number of aromatic nitrogens is 2. The second-order valence-corrected chi connectivity index (χ2v) is 7.77. The second kappa shape index (κ2) is 6.52. The molecule has 1 heterocycles. The Kier molecular flexibility index (Phi) is 5.50. The highest BCUT2D eigenvalue weighted by Gasteiger charge is 2.29. The van der Waals surface area contributed by atoms with Gasteiger partial charge in [0.2, 0.25) is 15.4 Å². The topological polar surface area (TPSA) is 118 Å². The van der Waals surface area contributed by atoms with Crippen LogP contribution in [0.4, 0.5) is 5.13 Å². The summed E-state index contributed by atoms with van der Waals surface area (Å²) < 4.78 is 25.5. The first-order valence-corrected chi connectivity index (χ1v) is 8.18. The molecule has 1 rings (SSSR count). The van der Waals surface area contributed by atoms with Gasteiger partial charge >= 0.3 is 0 Å². The van der Waals surface area contributed by atoms with Crippen LogP contribution in [0.15, 0.2) is 4.34 Å². The van der Waals surface area contributed by atoms with Crippen molar-refractivity contribution in [2.75, 3.05) is 12.4 Å². The number of sulfonamides is 1. The van der Waals surface area contributed by atoms with Gasteiger partial charge in [0.15, 0.2) is 0 Å². The summed E-state index contributed by atoms with van der Waals surface area (Å²) in [4.78, 5) is 11.1. The van der Waals surface area contributed by atoms with E-state index in [0.717, 1.165) is 15.6 Å². The molecule has 11 heteroatoms. The molecule has 112 valence electrons. The lowest BCUT2D eigenvalue weighted by molar-refractivity contribution is -0.114. The summed E-state index contributed by atoms with van der Waals surface area (Å²) in [6.07, 6.45) is 0.266. The van der Waals surface area contributed by atoms with Gasteiger partial charge in [-0.15, -0.1) is 10.2 Å². The van der Waals surface area contributed by atoms with Gasteiger partial charge in [-0.1, -0.05) is 23.6 Å². The van der Waals surface area contributed by atoms with Gasteiger partial charge in [0.1, 0.15) is 0 Å². The first kappa shape index (κ1) is 16.9. The summed E-state index contributed by atoms with van der Waals surface area (Å²) in [7, 11) is -2.37. The fraction of sp³-hybridized carbons (Fsp3) is 0.556. The number of nitrogens with zero attached hydrogens (tertiary/aromatic N) is 3. The summed E-state index contributed by atoms with van der Waals surface area (Å²) in [5.74, 6) is -0.347. The number of carbonyl (C=O) groups excluding carboxylic acids is 1. The van der Waals surface area contributed by atoms with E-state index in [-0.39, 0.29) is 26.8 Å². The molecule has 20 heavy (non-hydrogen) atoms. The van der Waals surface area contributed by atoms with Crippen LogP contribution in [0.3, 0.4) is 0 Å². The number of hydrogen-bond donors (Lipinski definition) is 2. The third-order valence-corrected chi connectivity index (χ3v) is 5.73. The molecule has 0 fully saturated rings. The smallest absolute Gasteiger partial charge is 0.272 e. The van der Waals surface area contributed by atoms with Gasteiger partial charge in [0, 0.05) is 26.4 Å². The molecule has 0 aliphatic carbocycles. The normalized spacial score (nSPS) is 13.2. The van der Waals surface area contributed by atoms with Crippen LogP contribution in [0, 0.1) is 0 Å². The highest BCUT2D eigenvalue weighted by molar-refractivity contribution is 7.91. The Morgan fingerprint density at radius 3 is 2.65 bits per heavy atom. The van der Waals surface area contributed by atoms with Gasteiger partial charge in [-0.05, 0) is 6.92 Å². The maximum atomic E-state index is 12.3. The Balaban J connectivity index is 2.95. The molecular formula is C9H15N5O3S3. The van der Waals surface area contributed by atoms with Crippen molar-refractivity contribution in [3.05, 3.63) is 0 Å². The SMILES string of the molecule is CC(=O)Nc1nnc(S(=O)(=O)N(C)C(C)CC(N)=S)s1. The van der Waals surface area contributed by atoms with Gasteiger partial charge in [0.05, 0.1) is 4.99 Å². The monoisotopic (exact) mass is 337 g/mol. The van der Waals surface area contributed by atoms with Crippen molar-refractivity contribution in [3.63, 3.8) is 0 Å². The van der Waals surface area contributed by atoms with E-state index in [9.17, 15) is 13.2 Å². The minimum absolute atomic E-state index is 0.131. The molecule has 0 aliphatic rings. The standard InChI is InChI=1S/C9H15N5O3S3/c1-5(4-7(10)18)14(3)20(16,17)9-13-12-8(19-9)11-6(2)15/h5H,4H2,1-3H3,(H2,10,18)(H,11,12,15). The maximum absolute atomic E-state index is 12.3. The number of anilines is 1. The van der Waals surface area contributed by atoms with Crippen LogP contribution in [0.25, 0.3) is 0 Å². The quantitative estimate of drug-likeness (QED) is 0.561. The van der Waals surface area contributed by atoms with Crippen molar-refractivity contribution >= 4 is 49.6 Å². The molecule has 0 aromatic carbocycles. The minimum atomic E-state index is -3.79.